The first-order valence-electron chi connectivity index (χ1n) is 8.70. The summed E-state index contributed by atoms with van der Waals surface area (Å²) in [6, 6.07) is 13.1. The van der Waals surface area contributed by atoms with Crippen molar-refractivity contribution in [3.05, 3.63) is 64.7 Å². The molecule has 3 unspecified atom stereocenters. The zero-order chi connectivity index (χ0) is 19.4. The third kappa shape index (κ3) is 4.66. The summed E-state index contributed by atoms with van der Waals surface area (Å²) in [5, 5.41) is 25.9. The van der Waals surface area contributed by atoms with Crippen LogP contribution in [0.15, 0.2) is 48.5 Å². The van der Waals surface area contributed by atoms with Crippen LogP contribution < -0.4 is 10.6 Å². The molecule has 0 spiro atoms. The maximum absolute atomic E-state index is 12.4. The molecule has 2 amide bonds. The fraction of sp³-hybridized carbons (Fsp3) is 0.300. The number of anilines is 1. The van der Waals surface area contributed by atoms with Crippen LogP contribution in [0.3, 0.4) is 0 Å². The topological polar surface area (TPSA) is 98.7 Å². The van der Waals surface area contributed by atoms with E-state index in [1.54, 1.807) is 24.3 Å². The number of aliphatic hydroxyl groups excluding tert-OH is 2. The van der Waals surface area contributed by atoms with Crippen molar-refractivity contribution in [1.82, 2.24) is 5.32 Å². The smallest absolute Gasteiger partial charge is 0.228 e. The molecule has 0 aromatic heterocycles. The minimum Gasteiger partial charge on any atom is -0.394 e. The first-order chi connectivity index (χ1) is 13.0. The van der Waals surface area contributed by atoms with Gasteiger partial charge >= 0.3 is 0 Å². The van der Waals surface area contributed by atoms with Crippen molar-refractivity contribution in [2.45, 2.75) is 25.0 Å². The number of nitrogens with one attached hydrogen (secondary N) is 2. The van der Waals surface area contributed by atoms with E-state index in [4.69, 9.17) is 11.6 Å². The summed E-state index contributed by atoms with van der Waals surface area (Å²) < 4.78 is 0. The Balaban J connectivity index is 1.62. The fourth-order valence-electron chi connectivity index (χ4n) is 3.18. The SMILES string of the molecule is O=C(CC1Cc2ccccc2NC1=O)NC(CO)C(O)c1ccc(Cl)cc1. The van der Waals surface area contributed by atoms with Crippen molar-refractivity contribution in [2.75, 3.05) is 11.9 Å². The Bertz CT molecular complexity index is 825. The number of para-hydroxylation sites is 1. The quantitative estimate of drug-likeness (QED) is 0.608. The second-order valence-electron chi connectivity index (χ2n) is 6.60. The highest BCUT2D eigenvalue weighted by molar-refractivity contribution is 6.30. The van der Waals surface area contributed by atoms with E-state index in [0.29, 0.717) is 17.0 Å². The number of hydrogen-bond donors (Lipinski definition) is 4. The highest BCUT2D eigenvalue weighted by Gasteiger charge is 2.29. The molecule has 6 nitrogen and oxygen atoms in total. The van der Waals surface area contributed by atoms with Crippen molar-refractivity contribution in [3.8, 4) is 0 Å². The molecule has 7 heteroatoms. The first-order valence-corrected chi connectivity index (χ1v) is 9.08. The van der Waals surface area contributed by atoms with Gasteiger partial charge < -0.3 is 20.8 Å². The van der Waals surface area contributed by atoms with Crippen molar-refractivity contribution < 1.29 is 19.8 Å². The average molecular weight is 389 g/mol. The lowest BCUT2D eigenvalue weighted by molar-refractivity contribution is -0.128. The number of carbonyl (C=O) groups is 2. The number of amides is 2. The molecule has 3 atom stereocenters. The average Bonchev–Trinajstić information content (AvgIpc) is 2.66. The van der Waals surface area contributed by atoms with Crippen LogP contribution in [0.4, 0.5) is 5.69 Å². The number of aliphatic hydroxyl groups is 2. The molecule has 1 aliphatic heterocycles. The van der Waals surface area contributed by atoms with Crippen LogP contribution in [-0.4, -0.2) is 34.7 Å². The minimum absolute atomic E-state index is 0.0238. The van der Waals surface area contributed by atoms with Crippen LogP contribution in [0.2, 0.25) is 5.02 Å². The Morgan fingerprint density at radius 2 is 1.93 bits per heavy atom. The molecule has 3 rings (SSSR count). The van der Waals surface area contributed by atoms with Gasteiger partial charge in [-0.1, -0.05) is 41.9 Å². The lowest BCUT2D eigenvalue weighted by Gasteiger charge is -2.26. The van der Waals surface area contributed by atoms with Crippen molar-refractivity contribution >= 4 is 29.1 Å². The van der Waals surface area contributed by atoms with Gasteiger partial charge in [0.1, 0.15) is 6.10 Å². The van der Waals surface area contributed by atoms with Gasteiger partial charge in [0.2, 0.25) is 11.8 Å². The highest BCUT2D eigenvalue weighted by Crippen LogP contribution is 2.27. The number of fused-ring (bicyclic) bond motifs is 1. The highest BCUT2D eigenvalue weighted by atomic mass is 35.5. The van der Waals surface area contributed by atoms with Gasteiger partial charge in [-0.3, -0.25) is 9.59 Å². The third-order valence-corrected chi connectivity index (χ3v) is 4.93. The molecule has 0 saturated heterocycles. The molecule has 0 fully saturated rings. The van der Waals surface area contributed by atoms with Gasteiger partial charge in [-0.25, -0.2) is 0 Å². The summed E-state index contributed by atoms with van der Waals surface area (Å²) in [4.78, 5) is 24.6. The Morgan fingerprint density at radius 1 is 1.22 bits per heavy atom. The Hall–Kier alpha value is -2.41. The van der Waals surface area contributed by atoms with Gasteiger partial charge in [-0.05, 0) is 35.7 Å². The molecule has 2 aromatic rings. The molecular weight excluding hydrogens is 368 g/mol. The van der Waals surface area contributed by atoms with Crippen LogP contribution in [0.1, 0.15) is 23.7 Å². The molecule has 27 heavy (non-hydrogen) atoms. The number of carbonyl (C=O) groups excluding carboxylic acids is 2. The molecule has 0 aliphatic carbocycles. The van der Waals surface area contributed by atoms with Crippen molar-refractivity contribution in [3.63, 3.8) is 0 Å². The molecule has 0 radical (unpaired) electrons. The molecule has 4 N–H and O–H groups in total. The van der Waals surface area contributed by atoms with Gasteiger partial charge in [0.15, 0.2) is 0 Å². The fourth-order valence-corrected chi connectivity index (χ4v) is 3.31. The minimum atomic E-state index is -1.09. The molecule has 1 heterocycles. The van der Waals surface area contributed by atoms with E-state index in [0.717, 1.165) is 11.3 Å². The third-order valence-electron chi connectivity index (χ3n) is 4.68. The Morgan fingerprint density at radius 3 is 2.63 bits per heavy atom. The summed E-state index contributed by atoms with van der Waals surface area (Å²) in [5.74, 6) is -1.10. The van der Waals surface area contributed by atoms with E-state index in [2.05, 4.69) is 10.6 Å². The standard InChI is InChI=1S/C20H21ClN2O4/c21-15-7-5-12(6-8-15)19(26)17(11-24)22-18(25)10-14-9-13-3-1-2-4-16(13)23-20(14)27/h1-8,14,17,19,24,26H,9-11H2,(H,22,25)(H,23,27). The van der Waals surface area contributed by atoms with E-state index in [-0.39, 0.29) is 12.3 Å². The van der Waals surface area contributed by atoms with Crippen LogP contribution in [-0.2, 0) is 16.0 Å². The first kappa shape index (κ1) is 19.4. The van der Waals surface area contributed by atoms with E-state index < -0.39 is 30.6 Å². The summed E-state index contributed by atoms with van der Waals surface area (Å²) in [6.07, 6.45) is -0.639. The van der Waals surface area contributed by atoms with E-state index >= 15 is 0 Å². The van der Waals surface area contributed by atoms with E-state index in [9.17, 15) is 19.8 Å². The predicted octanol–water partition coefficient (Wildman–Crippen LogP) is 2.05. The zero-order valence-electron chi connectivity index (χ0n) is 14.6. The summed E-state index contributed by atoms with van der Waals surface area (Å²) in [6.45, 7) is -0.435. The summed E-state index contributed by atoms with van der Waals surface area (Å²) in [7, 11) is 0. The Labute approximate surface area is 162 Å². The molecule has 142 valence electrons. The molecule has 2 aromatic carbocycles. The number of hydrogen-bond acceptors (Lipinski definition) is 4. The van der Waals surface area contributed by atoms with Crippen LogP contribution in [0, 0.1) is 5.92 Å². The maximum atomic E-state index is 12.4. The van der Waals surface area contributed by atoms with Crippen LogP contribution in [0.25, 0.3) is 0 Å². The summed E-state index contributed by atoms with van der Waals surface area (Å²) >= 11 is 5.83. The largest absolute Gasteiger partial charge is 0.394 e. The van der Waals surface area contributed by atoms with Crippen LogP contribution in [0.5, 0.6) is 0 Å². The second kappa shape index (κ2) is 8.52. The van der Waals surface area contributed by atoms with Gasteiger partial charge in [0, 0.05) is 17.1 Å². The second-order valence-corrected chi connectivity index (χ2v) is 7.04. The monoisotopic (exact) mass is 388 g/mol. The predicted molar refractivity (Wildman–Crippen MR) is 102 cm³/mol. The maximum Gasteiger partial charge on any atom is 0.228 e. The number of rotatable bonds is 6. The van der Waals surface area contributed by atoms with E-state index in [1.165, 1.54) is 0 Å². The lowest BCUT2D eigenvalue weighted by Crippen LogP contribution is -2.44. The van der Waals surface area contributed by atoms with Gasteiger partial charge in [0.25, 0.3) is 0 Å². The van der Waals surface area contributed by atoms with Crippen molar-refractivity contribution in [1.29, 1.82) is 0 Å². The number of benzene rings is 2. The van der Waals surface area contributed by atoms with Gasteiger partial charge in [-0.15, -0.1) is 0 Å². The molecule has 0 bridgehead atoms. The van der Waals surface area contributed by atoms with E-state index in [1.807, 2.05) is 24.3 Å². The molecular formula is C20H21ClN2O4. The number of halogens is 1. The normalized spacial score (nSPS) is 18.2. The zero-order valence-corrected chi connectivity index (χ0v) is 15.3. The van der Waals surface area contributed by atoms with Crippen molar-refractivity contribution in [2.24, 2.45) is 5.92 Å². The van der Waals surface area contributed by atoms with Crippen LogP contribution >= 0.6 is 11.6 Å². The molecule has 1 aliphatic rings. The van der Waals surface area contributed by atoms with Gasteiger partial charge in [0.05, 0.1) is 18.6 Å². The lowest BCUT2D eigenvalue weighted by atomic mass is 9.90. The summed E-state index contributed by atoms with van der Waals surface area (Å²) in [5.41, 5.74) is 2.28. The molecule has 0 saturated carbocycles. The van der Waals surface area contributed by atoms with Gasteiger partial charge in [-0.2, -0.15) is 0 Å². The Kier molecular flexibility index (Phi) is 6.11.